The van der Waals surface area contributed by atoms with Crippen molar-refractivity contribution in [3.63, 3.8) is 0 Å². The number of hydrogen-bond donors (Lipinski definition) is 1. The highest BCUT2D eigenvalue weighted by Crippen LogP contribution is 2.23. The second-order valence-corrected chi connectivity index (χ2v) is 8.38. The molecular formula is C16H19N3O3S2. The van der Waals surface area contributed by atoms with Crippen molar-refractivity contribution in [2.75, 3.05) is 25.2 Å². The number of carbonyl (C=O) groups excluding carboxylic acids is 1. The molecule has 0 aliphatic rings. The fourth-order valence-electron chi connectivity index (χ4n) is 1.80. The SMILES string of the molecule is CN(CC(=O)Nc1ccc(SCc2cccnc2)cc1)S(C)(=O)=O. The van der Waals surface area contributed by atoms with E-state index in [1.165, 1.54) is 7.05 Å². The predicted octanol–water partition coefficient (Wildman–Crippen LogP) is 2.20. The van der Waals surface area contributed by atoms with Gasteiger partial charge in [0, 0.05) is 35.8 Å². The van der Waals surface area contributed by atoms with Gasteiger partial charge in [-0.05, 0) is 35.9 Å². The third-order valence-corrected chi connectivity index (χ3v) is 5.54. The monoisotopic (exact) mass is 365 g/mol. The summed E-state index contributed by atoms with van der Waals surface area (Å²) in [7, 11) is -2.00. The van der Waals surface area contributed by atoms with E-state index in [0.29, 0.717) is 5.69 Å². The molecule has 1 heterocycles. The lowest BCUT2D eigenvalue weighted by molar-refractivity contribution is -0.116. The van der Waals surface area contributed by atoms with E-state index in [-0.39, 0.29) is 12.5 Å². The molecule has 0 bridgehead atoms. The molecule has 0 radical (unpaired) electrons. The molecule has 0 atom stereocenters. The molecule has 1 amide bonds. The van der Waals surface area contributed by atoms with Crippen LogP contribution in [0.25, 0.3) is 0 Å². The summed E-state index contributed by atoms with van der Waals surface area (Å²) in [5.74, 6) is 0.442. The number of aromatic nitrogens is 1. The summed E-state index contributed by atoms with van der Waals surface area (Å²) < 4.78 is 23.6. The number of amides is 1. The quantitative estimate of drug-likeness (QED) is 0.761. The van der Waals surface area contributed by atoms with Crippen LogP contribution in [-0.4, -0.2) is 43.5 Å². The summed E-state index contributed by atoms with van der Waals surface area (Å²) in [5, 5.41) is 2.68. The molecule has 24 heavy (non-hydrogen) atoms. The zero-order valence-corrected chi connectivity index (χ0v) is 15.1. The van der Waals surface area contributed by atoms with Crippen molar-refractivity contribution in [3.05, 3.63) is 54.4 Å². The van der Waals surface area contributed by atoms with Crippen LogP contribution in [0.3, 0.4) is 0 Å². The first-order valence-electron chi connectivity index (χ1n) is 7.17. The van der Waals surface area contributed by atoms with E-state index in [0.717, 1.165) is 26.8 Å². The first-order valence-corrected chi connectivity index (χ1v) is 10.0. The van der Waals surface area contributed by atoms with E-state index in [2.05, 4.69) is 10.3 Å². The van der Waals surface area contributed by atoms with Crippen LogP contribution in [-0.2, 0) is 20.6 Å². The van der Waals surface area contributed by atoms with Gasteiger partial charge in [-0.1, -0.05) is 6.07 Å². The van der Waals surface area contributed by atoms with Gasteiger partial charge in [0.15, 0.2) is 0 Å². The summed E-state index contributed by atoms with van der Waals surface area (Å²) in [6.07, 6.45) is 4.64. The zero-order valence-electron chi connectivity index (χ0n) is 13.5. The third-order valence-electron chi connectivity index (χ3n) is 3.20. The summed E-state index contributed by atoms with van der Waals surface area (Å²) in [6, 6.07) is 11.3. The van der Waals surface area contributed by atoms with Gasteiger partial charge in [0.2, 0.25) is 15.9 Å². The first kappa shape index (κ1) is 18.4. The lowest BCUT2D eigenvalue weighted by Crippen LogP contribution is -2.34. The predicted molar refractivity (Wildman–Crippen MR) is 96.3 cm³/mol. The van der Waals surface area contributed by atoms with Crippen LogP contribution >= 0.6 is 11.8 Å². The van der Waals surface area contributed by atoms with Crippen molar-refractivity contribution in [2.24, 2.45) is 0 Å². The molecule has 0 fully saturated rings. The second-order valence-electron chi connectivity index (χ2n) is 5.24. The Kier molecular flexibility index (Phi) is 6.36. The number of carbonyl (C=O) groups is 1. The van der Waals surface area contributed by atoms with E-state index in [4.69, 9.17) is 0 Å². The van der Waals surface area contributed by atoms with Gasteiger partial charge in [0.05, 0.1) is 12.8 Å². The van der Waals surface area contributed by atoms with Gasteiger partial charge in [-0.2, -0.15) is 4.31 Å². The lowest BCUT2D eigenvalue weighted by atomic mass is 10.3. The highest BCUT2D eigenvalue weighted by molar-refractivity contribution is 7.98. The Balaban J connectivity index is 1.86. The van der Waals surface area contributed by atoms with Gasteiger partial charge >= 0.3 is 0 Å². The number of rotatable bonds is 7. The van der Waals surface area contributed by atoms with Gasteiger partial charge in [-0.25, -0.2) is 8.42 Å². The van der Waals surface area contributed by atoms with Crippen LogP contribution < -0.4 is 5.32 Å². The largest absolute Gasteiger partial charge is 0.325 e. The molecule has 1 aromatic heterocycles. The number of sulfonamides is 1. The molecule has 1 N–H and O–H groups in total. The second kappa shape index (κ2) is 8.27. The van der Waals surface area contributed by atoms with E-state index in [1.807, 2.05) is 30.5 Å². The molecule has 2 rings (SSSR count). The van der Waals surface area contributed by atoms with Crippen LogP contribution in [0, 0.1) is 0 Å². The molecule has 2 aromatic rings. The lowest BCUT2D eigenvalue weighted by Gasteiger charge is -2.13. The van der Waals surface area contributed by atoms with Crippen LogP contribution in [0.1, 0.15) is 5.56 Å². The summed E-state index contributed by atoms with van der Waals surface area (Å²) >= 11 is 1.67. The number of thioether (sulfide) groups is 1. The first-order chi connectivity index (χ1) is 11.3. The highest BCUT2D eigenvalue weighted by atomic mass is 32.2. The number of anilines is 1. The topological polar surface area (TPSA) is 79.4 Å². The maximum atomic E-state index is 11.8. The Labute approximate surface area is 146 Å². The number of pyridine rings is 1. The summed E-state index contributed by atoms with van der Waals surface area (Å²) in [6.45, 7) is -0.212. The minimum absolute atomic E-state index is 0.212. The van der Waals surface area contributed by atoms with Crippen LogP contribution in [0.5, 0.6) is 0 Å². The van der Waals surface area contributed by atoms with Crippen molar-refractivity contribution in [1.82, 2.24) is 9.29 Å². The average molecular weight is 365 g/mol. The molecule has 0 saturated carbocycles. The maximum absolute atomic E-state index is 11.8. The Morgan fingerprint density at radius 3 is 2.54 bits per heavy atom. The van der Waals surface area contributed by atoms with Crippen LogP contribution in [0.15, 0.2) is 53.7 Å². The van der Waals surface area contributed by atoms with Crippen molar-refractivity contribution in [3.8, 4) is 0 Å². The number of hydrogen-bond acceptors (Lipinski definition) is 5. The molecule has 1 aromatic carbocycles. The standard InChI is InChI=1S/C16H19N3O3S2/c1-19(24(2,21)22)11-16(20)18-14-5-7-15(8-6-14)23-12-13-4-3-9-17-10-13/h3-10H,11-12H2,1-2H3,(H,18,20). The zero-order chi connectivity index (χ0) is 17.6. The molecule has 0 aliphatic heterocycles. The minimum atomic E-state index is -3.37. The number of nitrogens with zero attached hydrogens (tertiary/aromatic N) is 2. The molecule has 128 valence electrons. The maximum Gasteiger partial charge on any atom is 0.239 e. The summed E-state index contributed by atoms with van der Waals surface area (Å²) in [5.41, 5.74) is 1.77. The number of nitrogens with one attached hydrogen (secondary N) is 1. The van der Waals surface area contributed by atoms with Crippen molar-refractivity contribution in [1.29, 1.82) is 0 Å². The van der Waals surface area contributed by atoms with Crippen molar-refractivity contribution >= 4 is 33.4 Å². The van der Waals surface area contributed by atoms with Crippen molar-refractivity contribution in [2.45, 2.75) is 10.6 Å². The summed E-state index contributed by atoms with van der Waals surface area (Å²) in [4.78, 5) is 17.0. The van der Waals surface area contributed by atoms with Gasteiger partial charge in [0.25, 0.3) is 0 Å². The normalized spacial score (nSPS) is 11.5. The molecular weight excluding hydrogens is 346 g/mol. The molecule has 0 saturated heterocycles. The Morgan fingerprint density at radius 1 is 1.25 bits per heavy atom. The molecule has 0 spiro atoms. The smallest absolute Gasteiger partial charge is 0.239 e. The van der Waals surface area contributed by atoms with Gasteiger partial charge in [-0.3, -0.25) is 9.78 Å². The Bertz CT molecular complexity index is 778. The number of benzene rings is 1. The highest BCUT2D eigenvalue weighted by Gasteiger charge is 2.15. The molecule has 0 unspecified atom stereocenters. The number of likely N-dealkylation sites (N-methyl/N-ethyl adjacent to an activating group) is 1. The fraction of sp³-hybridized carbons (Fsp3) is 0.250. The Hall–Kier alpha value is -1.90. The van der Waals surface area contributed by atoms with E-state index in [9.17, 15) is 13.2 Å². The average Bonchev–Trinajstić information content (AvgIpc) is 2.54. The van der Waals surface area contributed by atoms with Gasteiger partial charge in [0.1, 0.15) is 0 Å². The molecule has 6 nitrogen and oxygen atoms in total. The molecule has 0 aliphatic carbocycles. The molecule has 8 heteroatoms. The van der Waals surface area contributed by atoms with Crippen LogP contribution in [0.2, 0.25) is 0 Å². The van der Waals surface area contributed by atoms with Gasteiger partial charge in [-0.15, -0.1) is 11.8 Å². The van der Waals surface area contributed by atoms with Crippen molar-refractivity contribution < 1.29 is 13.2 Å². The van der Waals surface area contributed by atoms with Crippen LogP contribution in [0.4, 0.5) is 5.69 Å². The van der Waals surface area contributed by atoms with Gasteiger partial charge < -0.3 is 5.32 Å². The minimum Gasteiger partial charge on any atom is -0.325 e. The fourth-order valence-corrected chi connectivity index (χ4v) is 2.99. The van der Waals surface area contributed by atoms with E-state index >= 15 is 0 Å². The van der Waals surface area contributed by atoms with E-state index < -0.39 is 10.0 Å². The Morgan fingerprint density at radius 2 is 1.96 bits per heavy atom. The third kappa shape index (κ3) is 5.95. The van der Waals surface area contributed by atoms with E-state index in [1.54, 1.807) is 30.1 Å².